The van der Waals surface area contributed by atoms with Gasteiger partial charge in [0, 0.05) is 19.5 Å². The quantitative estimate of drug-likeness (QED) is 0.382. The third-order valence-electron chi connectivity index (χ3n) is 7.85. The van der Waals surface area contributed by atoms with Crippen molar-refractivity contribution >= 4 is 11.8 Å². The van der Waals surface area contributed by atoms with Crippen LogP contribution in [0.1, 0.15) is 63.0 Å². The molecule has 0 bridgehead atoms. The molecule has 0 radical (unpaired) electrons. The van der Waals surface area contributed by atoms with Gasteiger partial charge in [-0.05, 0) is 73.4 Å². The molecule has 4 rings (SSSR count). The fourth-order valence-corrected chi connectivity index (χ4v) is 6.10. The Labute approximate surface area is 223 Å². The number of benzene rings is 2. The standard InChI is InChI=1S/C30H38F3N3O2/c1-2-10-27(37)34-19-22-11-9-18-36(20-22)17-8-7-16-29(28(38)35-21-30(31,32)33)25-14-5-3-12-23(25)24-13-4-6-15-26(24)29/h3-6,12-15,22H,2,7-11,16-21H2,1H3,(H,34,37)(H,35,38). The van der Waals surface area contributed by atoms with E-state index in [0.717, 1.165) is 67.6 Å². The number of nitrogens with one attached hydrogen (secondary N) is 2. The van der Waals surface area contributed by atoms with Gasteiger partial charge in [-0.1, -0.05) is 61.9 Å². The van der Waals surface area contributed by atoms with Crippen molar-refractivity contribution in [1.82, 2.24) is 15.5 Å². The highest BCUT2D eigenvalue weighted by Crippen LogP contribution is 2.51. The largest absolute Gasteiger partial charge is 0.405 e. The van der Waals surface area contributed by atoms with Gasteiger partial charge in [0.2, 0.25) is 11.8 Å². The van der Waals surface area contributed by atoms with E-state index in [1.807, 2.05) is 55.5 Å². The lowest BCUT2D eigenvalue weighted by atomic mass is 9.73. The van der Waals surface area contributed by atoms with E-state index in [-0.39, 0.29) is 5.91 Å². The van der Waals surface area contributed by atoms with Crippen molar-refractivity contribution in [3.05, 3.63) is 59.7 Å². The predicted octanol–water partition coefficient (Wildman–Crippen LogP) is 5.43. The minimum atomic E-state index is -4.48. The molecule has 1 unspecified atom stereocenters. The summed E-state index contributed by atoms with van der Waals surface area (Å²) in [5.41, 5.74) is 2.24. The van der Waals surface area contributed by atoms with Gasteiger partial charge in [0.05, 0.1) is 0 Å². The van der Waals surface area contributed by atoms with Crippen LogP contribution in [0.2, 0.25) is 0 Å². The summed E-state index contributed by atoms with van der Waals surface area (Å²) < 4.78 is 39.2. The van der Waals surface area contributed by atoms with Crippen LogP contribution in [0.3, 0.4) is 0 Å². The summed E-state index contributed by atoms with van der Waals surface area (Å²) in [6, 6.07) is 15.1. The molecule has 1 fully saturated rings. The third kappa shape index (κ3) is 6.40. The monoisotopic (exact) mass is 529 g/mol. The molecule has 0 spiro atoms. The van der Waals surface area contributed by atoms with Gasteiger partial charge in [0.1, 0.15) is 12.0 Å². The Balaban J connectivity index is 1.44. The molecule has 2 N–H and O–H groups in total. The summed E-state index contributed by atoms with van der Waals surface area (Å²) in [6.45, 7) is 4.14. The lowest BCUT2D eigenvalue weighted by molar-refractivity contribution is -0.141. The molecular weight excluding hydrogens is 491 g/mol. The second-order valence-electron chi connectivity index (χ2n) is 10.6. The first-order valence-electron chi connectivity index (χ1n) is 13.8. The number of nitrogens with zero attached hydrogens (tertiary/aromatic N) is 1. The number of unbranched alkanes of at least 4 members (excludes halogenated alkanes) is 1. The summed E-state index contributed by atoms with van der Waals surface area (Å²) in [5.74, 6) is -0.0541. The zero-order chi connectivity index (χ0) is 27.2. The maximum Gasteiger partial charge on any atom is 0.405 e. The van der Waals surface area contributed by atoms with Crippen LogP contribution in [0.4, 0.5) is 13.2 Å². The zero-order valence-corrected chi connectivity index (χ0v) is 22.1. The Morgan fingerprint density at radius 2 is 1.66 bits per heavy atom. The van der Waals surface area contributed by atoms with Gasteiger partial charge in [0.15, 0.2) is 0 Å². The Hall–Kier alpha value is -2.87. The highest BCUT2D eigenvalue weighted by atomic mass is 19.4. The highest BCUT2D eigenvalue weighted by Gasteiger charge is 2.49. The molecule has 1 atom stereocenters. The van der Waals surface area contributed by atoms with Crippen LogP contribution < -0.4 is 10.6 Å². The van der Waals surface area contributed by atoms with E-state index in [1.54, 1.807) is 0 Å². The zero-order valence-electron chi connectivity index (χ0n) is 22.1. The summed E-state index contributed by atoms with van der Waals surface area (Å²) in [5, 5.41) is 5.25. The first-order valence-corrected chi connectivity index (χ1v) is 13.8. The first kappa shape index (κ1) is 28.1. The van der Waals surface area contributed by atoms with E-state index < -0.39 is 24.0 Å². The minimum Gasteiger partial charge on any atom is -0.356 e. The van der Waals surface area contributed by atoms with E-state index in [1.165, 1.54) is 0 Å². The number of halogens is 3. The van der Waals surface area contributed by atoms with Gasteiger partial charge in [-0.3, -0.25) is 9.59 Å². The third-order valence-corrected chi connectivity index (χ3v) is 7.85. The van der Waals surface area contributed by atoms with Crippen LogP contribution in [-0.4, -0.2) is 55.6 Å². The molecule has 206 valence electrons. The molecule has 1 saturated heterocycles. The summed E-state index contributed by atoms with van der Waals surface area (Å²) >= 11 is 0. The van der Waals surface area contributed by atoms with E-state index in [0.29, 0.717) is 31.7 Å². The molecule has 2 aromatic rings. The van der Waals surface area contributed by atoms with Crippen molar-refractivity contribution in [2.75, 3.05) is 32.7 Å². The van der Waals surface area contributed by atoms with Crippen LogP contribution in [0.15, 0.2) is 48.5 Å². The first-order chi connectivity index (χ1) is 18.2. The molecule has 5 nitrogen and oxygen atoms in total. The van der Waals surface area contributed by atoms with Crippen LogP contribution in [-0.2, 0) is 15.0 Å². The number of likely N-dealkylation sites (tertiary alicyclic amines) is 1. The minimum absolute atomic E-state index is 0.107. The van der Waals surface area contributed by atoms with Crippen LogP contribution in [0.25, 0.3) is 11.1 Å². The number of amides is 2. The van der Waals surface area contributed by atoms with Crippen LogP contribution in [0.5, 0.6) is 0 Å². The Morgan fingerprint density at radius 1 is 1.00 bits per heavy atom. The van der Waals surface area contributed by atoms with E-state index in [9.17, 15) is 22.8 Å². The Kier molecular flexibility index (Phi) is 9.13. The number of piperidine rings is 1. The van der Waals surface area contributed by atoms with Gasteiger partial charge >= 0.3 is 6.18 Å². The second-order valence-corrected chi connectivity index (χ2v) is 10.6. The van der Waals surface area contributed by atoms with Crippen molar-refractivity contribution in [3.63, 3.8) is 0 Å². The van der Waals surface area contributed by atoms with Crippen molar-refractivity contribution in [3.8, 4) is 11.1 Å². The van der Waals surface area contributed by atoms with E-state index >= 15 is 0 Å². The maximum absolute atomic E-state index is 13.6. The number of hydrogen-bond acceptors (Lipinski definition) is 3. The van der Waals surface area contributed by atoms with Gasteiger partial charge in [0.25, 0.3) is 0 Å². The summed E-state index contributed by atoms with van der Waals surface area (Å²) in [7, 11) is 0. The number of carbonyl (C=O) groups excluding carboxylic acids is 2. The smallest absolute Gasteiger partial charge is 0.356 e. The average molecular weight is 530 g/mol. The molecule has 2 aliphatic rings. The summed E-state index contributed by atoms with van der Waals surface area (Å²) in [6.07, 6.45) is 1.08. The summed E-state index contributed by atoms with van der Waals surface area (Å²) in [4.78, 5) is 27.9. The molecule has 38 heavy (non-hydrogen) atoms. The molecule has 0 aromatic heterocycles. The van der Waals surface area contributed by atoms with E-state index in [4.69, 9.17) is 0 Å². The molecule has 2 amide bonds. The average Bonchev–Trinajstić information content (AvgIpc) is 3.19. The fourth-order valence-electron chi connectivity index (χ4n) is 6.10. The lowest BCUT2D eigenvalue weighted by Crippen LogP contribution is -2.47. The van der Waals surface area contributed by atoms with Gasteiger partial charge in [-0.2, -0.15) is 13.2 Å². The number of alkyl halides is 3. The molecule has 0 saturated carbocycles. The normalized spacial score (nSPS) is 18.5. The number of carbonyl (C=O) groups is 2. The molecule has 1 aliphatic heterocycles. The SMILES string of the molecule is CCCC(=O)NCC1CCCN(CCCCC2(C(=O)NCC(F)(F)F)c3ccccc3-c3ccccc32)C1. The Morgan fingerprint density at radius 3 is 2.29 bits per heavy atom. The molecule has 1 heterocycles. The fraction of sp³-hybridized carbons (Fsp3) is 0.533. The van der Waals surface area contributed by atoms with Gasteiger partial charge < -0.3 is 15.5 Å². The molecular formula is C30H38F3N3O2. The topological polar surface area (TPSA) is 61.4 Å². The second kappa shape index (κ2) is 12.3. The van der Waals surface area contributed by atoms with Gasteiger partial charge in [-0.15, -0.1) is 0 Å². The van der Waals surface area contributed by atoms with Gasteiger partial charge in [-0.25, -0.2) is 0 Å². The van der Waals surface area contributed by atoms with Crippen molar-refractivity contribution < 1.29 is 22.8 Å². The highest BCUT2D eigenvalue weighted by molar-refractivity contribution is 6.00. The van der Waals surface area contributed by atoms with E-state index in [2.05, 4.69) is 15.5 Å². The number of fused-ring (bicyclic) bond motifs is 3. The molecule has 8 heteroatoms. The lowest BCUT2D eigenvalue weighted by Gasteiger charge is -2.34. The van der Waals surface area contributed by atoms with Crippen molar-refractivity contribution in [1.29, 1.82) is 0 Å². The Bertz CT molecular complexity index is 1070. The predicted molar refractivity (Wildman–Crippen MR) is 143 cm³/mol. The number of hydrogen-bond donors (Lipinski definition) is 2. The number of rotatable bonds is 11. The van der Waals surface area contributed by atoms with Crippen molar-refractivity contribution in [2.45, 2.75) is 63.5 Å². The molecule has 1 aliphatic carbocycles. The molecule has 2 aromatic carbocycles. The van der Waals surface area contributed by atoms with Crippen molar-refractivity contribution in [2.24, 2.45) is 5.92 Å². The van der Waals surface area contributed by atoms with Crippen LogP contribution in [0, 0.1) is 5.92 Å². The van der Waals surface area contributed by atoms with Crippen LogP contribution >= 0.6 is 0 Å². The maximum atomic E-state index is 13.6.